The number of carbonyl (C=O) groups is 2. The number of ether oxygens (including phenoxy) is 1. The van der Waals surface area contributed by atoms with Crippen LogP contribution >= 0.6 is 0 Å². The van der Waals surface area contributed by atoms with Gasteiger partial charge in [-0.25, -0.2) is 9.59 Å². The lowest BCUT2D eigenvalue weighted by molar-refractivity contribution is -0.141. The van der Waals surface area contributed by atoms with Gasteiger partial charge in [0.25, 0.3) is 0 Å². The molecular formula is C14H20N2O5. The molecule has 0 aromatic heterocycles. The van der Waals surface area contributed by atoms with Crippen LogP contribution in [0.2, 0.25) is 0 Å². The minimum Gasteiger partial charge on any atom is -0.494 e. The van der Waals surface area contributed by atoms with Crippen molar-refractivity contribution in [2.75, 3.05) is 11.9 Å². The van der Waals surface area contributed by atoms with Crippen molar-refractivity contribution in [1.82, 2.24) is 5.32 Å². The molecule has 0 aliphatic rings. The molecule has 7 nitrogen and oxygen atoms in total. The van der Waals surface area contributed by atoms with Crippen LogP contribution in [0.25, 0.3) is 0 Å². The first kappa shape index (κ1) is 16.8. The Morgan fingerprint density at radius 2 is 1.90 bits per heavy atom. The average molecular weight is 296 g/mol. The Morgan fingerprint density at radius 1 is 1.29 bits per heavy atom. The number of hydrogen-bond acceptors (Lipinski definition) is 4. The van der Waals surface area contributed by atoms with Crippen LogP contribution in [0.5, 0.6) is 5.75 Å². The zero-order valence-corrected chi connectivity index (χ0v) is 12.0. The molecule has 2 atom stereocenters. The SMILES string of the molecule is CCCOc1ccc(NC(=O)NC(C(=O)O)C(C)O)cc1. The van der Waals surface area contributed by atoms with Crippen molar-refractivity contribution in [1.29, 1.82) is 0 Å². The monoisotopic (exact) mass is 296 g/mol. The van der Waals surface area contributed by atoms with E-state index in [4.69, 9.17) is 9.84 Å². The predicted molar refractivity (Wildman–Crippen MR) is 77.5 cm³/mol. The van der Waals surface area contributed by atoms with Gasteiger partial charge in [0.15, 0.2) is 6.04 Å². The van der Waals surface area contributed by atoms with Gasteiger partial charge in [-0.3, -0.25) is 0 Å². The van der Waals surface area contributed by atoms with Gasteiger partial charge < -0.3 is 25.6 Å². The van der Waals surface area contributed by atoms with E-state index < -0.39 is 24.1 Å². The molecule has 0 aliphatic carbocycles. The third-order valence-corrected chi connectivity index (χ3v) is 2.62. The molecule has 0 radical (unpaired) electrons. The lowest BCUT2D eigenvalue weighted by Gasteiger charge is -2.17. The van der Waals surface area contributed by atoms with Crippen LogP contribution in [0.15, 0.2) is 24.3 Å². The summed E-state index contributed by atoms with van der Waals surface area (Å²) in [5.41, 5.74) is 0.492. The molecule has 7 heteroatoms. The summed E-state index contributed by atoms with van der Waals surface area (Å²) >= 11 is 0. The summed E-state index contributed by atoms with van der Waals surface area (Å²) in [4.78, 5) is 22.5. The molecule has 0 spiro atoms. The summed E-state index contributed by atoms with van der Waals surface area (Å²) in [5, 5.41) is 22.8. The lowest BCUT2D eigenvalue weighted by atomic mass is 10.2. The average Bonchev–Trinajstić information content (AvgIpc) is 2.43. The van der Waals surface area contributed by atoms with Crippen LogP contribution in [0.4, 0.5) is 10.5 Å². The fraction of sp³-hybridized carbons (Fsp3) is 0.429. The quantitative estimate of drug-likeness (QED) is 0.609. The maximum Gasteiger partial charge on any atom is 0.328 e. The van der Waals surface area contributed by atoms with Gasteiger partial charge in [-0.05, 0) is 37.6 Å². The van der Waals surface area contributed by atoms with Gasteiger partial charge >= 0.3 is 12.0 Å². The third-order valence-electron chi connectivity index (χ3n) is 2.62. The van der Waals surface area contributed by atoms with Gasteiger partial charge in [0.05, 0.1) is 12.7 Å². The highest BCUT2D eigenvalue weighted by Crippen LogP contribution is 2.15. The van der Waals surface area contributed by atoms with Crippen molar-refractivity contribution < 1.29 is 24.5 Å². The second-order valence-corrected chi connectivity index (χ2v) is 4.53. The minimum absolute atomic E-state index is 0.492. The van der Waals surface area contributed by atoms with E-state index in [-0.39, 0.29) is 0 Å². The van der Waals surface area contributed by atoms with Gasteiger partial charge in [-0.15, -0.1) is 0 Å². The van der Waals surface area contributed by atoms with E-state index in [1.807, 2.05) is 6.92 Å². The summed E-state index contributed by atoms with van der Waals surface area (Å²) in [7, 11) is 0. The summed E-state index contributed by atoms with van der Waals surface area (Å²) < 4.78 is 5.40. The van der Waals surface area contributed by atoms with Crippen molar-refractivity contribution in [2.24, 2.45) is 0 Å². The highest BCUT2D eigenvalue weighted by Gasteiger charge is 2.24. The van der Waals surface area contributed by atoms with Crippen LogP contribution in [0.3, 0.4) is 0 Å². The highest BCUT2D eigenvalue weighted by molar-refractivity contribution is 5.92. The standard InChI is InChI=1S/C14H20N2O5/c1-3-8-21-11-6-4-10(5-7-11)15-14(20)16-12(9(2)17)13(18)19/h4-7,9,12,17H,3,8H2,1-2H3,(H,18,19)(H2,15,16,20). The topological polar surface area (TPSA) is 108 Å². The Hall–Kier alpha value is -2.28. The molecule has 0 saturated carbocycles. The maximum atomic E-state index is 11.7. The van der Waals surface area contributed by atoms with Crippen molar-refractivity contribution >= 4 is 17.7 Å². The van der Waals surface area contributed by atoms with Crippen molar-refractivity contribution in [3.63, 3.8) is 0 Å². The van der Waals surface area contributed by atoms with E-state index in [2.05, 4.69) is 10.6 Å². The van der Waals surface area contributed by atoms with Gasteiger partial charge in [0.1, 0.15) is 5.75 Å². The van der Waals surface area contributed by atoms with E-state index in [0.717, 1.165) is 6.42 Å². The molecule has 0 bridgehead atoms. The molecule has 0 fully saturated rings. The minimum atomic E-state index is -1.36. The smallest absolute Gasteiger partial charge is 0.328 e. The molecular weight excluding hydrogens is 276 g/mol. The first-order valence-corrected chi connectivity index (χ1v) is 6.65. The number of hydrogen-bond donors (Lipinski definition) is 4. The van der Waals surface area contributed by atoms with E-state index in [1.54, 1.807) is 24.3 Å². The lowest BCUT2D eigenvalue weighted by Crippen LogP contribution is -2.49. The van der Waals surface area contributed by atoms with Crippen molar-refractivity contribution in [2.45, 2.75) is 32.4 Å². The Morgan fingerprint density at radius 3 is 2.38 bits per heavy atom. The highest BCUT2D eigenvalue weighted by atomic mass is 16.5. The van der Waals surface area contributed by atoms with Gasteiger partial charge in [0, 0.05) is 5.69 Å². The second kappa shape index (κ2) is 8.11. The summed E-state index contributed by atoms with van der Waals surface area (Å²) in [6.45, 7) is 3.90. The van der Waals surface area contributed by atoms with E-state index in [0.29, 0.717) is 18.0 Å². The van der Waals surface area contributed by atoms with Crippen LogP contribution in [0, 0.1) is 0 Å². The summed E-state index contributed by atoms with van der Waals surface area (Å²) in [6, 6.07) is 4.62. The largest absolute Gasteiger partial charge is 0.494 e. The van der Waals surface area contributed by atoms with Gasteiger partial charge in [-0.1, -0.05) is 6.92 Å². The number of carboxylic acid groups (broad SMARTS) is 1. The fourth-order valence-electron chi connectivity index (χ4n) is 1.55. The van der Waals surface area contributed by atoms with E-state index >= 15 is 0 Å². The molecule has 0 heterocycles. The number of aliphatic carboxylic acids is 1. The third kappa shape index (κ3) is 5.70. The molecule has 2 amide bonds. The number of nitrogens with one attached hydrogen (secondary N) is 2. The maximum absolute atomic E-state index is 11.7. The zero-order chi connectivity index (χ0) is 15.8. The van der Waals surface area contributed by atoms with Crippen molar-refractivity contribution in [3.8, 4) is 5.75 Å². The Labute approximate surface area is 122 Å². The van der Waals surface area contributed by atoms with Crippen LogP contribution in [-0.2, 0) is 4.79 Å². The number of anilines is 1. The van der Waals surface area contributed by atoms with Crippen molar-refractivity contribution in [3.05, 3.63) is 24.3 Å². The van der Waals surface area contributed by atoms with Crippen LogP contribution in [-0.4, -0.2) is 41.0 Å². The Kier molecular flexibility index (Phi) is 6.48. The molecule has 4 N–H and O–H groups in total. The number of urea groups is 1. The number of carboxylic acids is 1. The zero-order valence-electron chi connectivity index (χ0n) is 12.0. The van der Waals surface area contributed by atoms with E-state index in [1.165, 1.54) is 6.92 Å². The number of amides is 2. The molecule has 2 unspecified atom stereocenters. The Balaban J connectivity index is 2.56. The van der Waals surface area contributed by atoms with Gasteiger partial charge in [-0.2, -0.15) is 0 Å². The summed E-state index contributed by atoms with van der Waals surface area (Å²) in [5.74, 6) is -0.612. The Bertz CT molecular complexity index is 473. The first-order valence-electron chi connectivity index (χ1n) is 6.65. The van der Waals surface area contributed by atoms with Crippen LogP contribution in [0.1, 0.15) is 20.3 Å². The van der Waals surface area contributed by atoms with E-state index in [9.17, 15) is 14.7 Å². The predicted octanol–water partition coefficient (Wildman–Crippen LogP) is 1.43. The number of aliphatic hydroxyl groups excluding tert-OH is 1. The molecule has 1 aromatic rings. The second-order valence-electron chi connectivity index (χ2n) is 4.53. The molecule has 116 valence electrons. The number of rotatable bonds is 7. The molecule has 1 rings (SSSR count). The number of carbonyl (C=O) groups excluding carboxylic acids is 1. The van der Waals surface area contributed by atoms with Crippen LogP contribution < -0.4 is 15.4 Å². The van der Waals surface area contributed by atoms with Gasteiger partial charge in [0.2, 0.25) is 0 Å². The number of benzene rings is 1. The first-order chi connectivity index (χ1) is 9.93. The fourth-order valence-corrected chi connectivity index (χ4v) is 1.55. The summed E-state index contributed by atoms with van der Waals surface area (Å²) in [6.07, 6.45) is -0.295. The number of aliphatic hydroxyl groups is 1. The molecule has 0 aliphatic heterocycles. The normalized spacial score (nSPS) is 13.1. The molecule has 1 aromatic carbocycles. The molecule has 0 saturated heterocycles. The molecule has 21 heavy (non-hydrogen) atoms.